The predicted octanol–water partition coefficient (Wildman–Crippen LogP) is 3.65. The van der Waals surface area contributed by atoms with Crippen molar-refractivity contribution in [1.29, 1.82) is 0 Å². The van der Waals surface area contributed by atoms with Gasteiger partial charge in [0.15, 0.2) is 0 Å². The highest BCUT2D eigenvalue weighted by molar-refractivity contribution is 7.98. The number of rotatable bonds is 5. The van der Waals surface area contributed by atoms with E-state index in [9.17, 15) is 4.79 Å². The number of anilines is 1. The zero-order valence-corrected chi connectivity index (χ0v) is 16.5. The molecule has 0 bridgehead atoms. The largest absolute Gasteiger partial charge is 0.366 e. The summed E-state index contributed by atoms with van der Waals surface area (Å²) in [4.78, 5) is 16.8. The molecule has 0 radical (unpaired) electrons. The third-order valence-electron chi connectivity index (χ3n) is 4.70. The molecule has 1 aromatic heterocycles. The highest BCUT2D eigenvalue weighted by Gasteiger charge is 2.33. The topological polar surface area (TPSA) is 85.8 Å². The summed E-state index contributed by atoms with van der Waals surface area (Å²) in [5.41, 5.74) is 10.2. The maximum absolute atomic E-state index is 12.2. The van der Waals surface area contributed by atoms with E-state index in [0.29, 0.717) is 22.4 Å². The Balaban J connectivity index is 1.69. The lowest BCUT2D eigenvalue weighted by atomic mass is 9.95. The van der Waals surface area contributed by atoms with Gasteiger partial charge in [0.25, 0.3) is 0 Å². The van der Waals surface area contributed by atoms with Crippen LogP contribution >= 0.6 is 11.8 Å². The van der Waals surface area contributed by atoms with Gasteiger partial charge in [-0.25, -0.2) is 4.68 Å². The first-order valence-corrected chi connectivity index (χ1v) is 9.99. The number of amides is 1. The summed E-state index contributed by atoms with van der Waals surface area (Å²) in [6, 6.07) is 17.8. The molecule has 6 nitrogen and oxygen atoms in total. The first-order chi connectivity index (χ1) is 13.5. The van der Waals surface area contributed by atoms with Crippen LogP contribution in [0, 0.1) is 6.92 Å². The summed E-state index contributed by atoms with van der Waals surface area (Å²) in [5, 5.41) is 8.51. The Bertz CT molecular complexity index is 1040. The van der Waals surface area contributed by atoms with Crippen LogP contribution in [0.4, 0.5) is 5.95 Å². The fraction of sp³-hybridized carbons (Fsp3) is 0.190. The Morgan fingerprint density at radius 3 is 2.54 bits per heavy atom. The van der Waals surface area contributed by atoms with Crippen molar-refractivity contribution in [2.24, 2.45) is 5.73 Å². The summed E-state index contributed by atoms with van der Waals surface area (Å²) in [6.45, 7) is 3.87. The summed E-state index contributed by atoms with van der Waals surface area (Å²) < 4.78 is 1.76. The molecule has 28 heavy (non-hydrogen) atoms. The number of fused-ring (bicyclic) bond motifs is 1. The Kier molecular flexibility index (Phi) is 4.92. The number of nitrogens with two attached hydrogens (primary N) is 1. The van der Waals surface area contributed by atoms with Crippen molar-refractivity contribution >= 4 is 23.6 Å². The third-order valence-corrected chi connectivity index (χ3v) is 5.61. The van der Waals surface area contributed by atoms with Gasteiger partial charge >= 0.3 is 0 Å². The van der Waals surface area contributed by atoms with Gasteiger partial charge < -0.3 is 11.1 Å². The molecule has 0 saturated heterocycles. The molecular formula is C21H21N5OS. The van der Waals surface area contributed by atoms with Gasteiger partial charge in [-0.15, -0.1) is 5.10 Å². The SMILES string of the molecule is CC1=C(C(N)=O)[C@H](c2ccc(C)cc2)n2nc(SCc3ccccc3)nc2N1. The van der Waals surface area contributed by atoms with Gasteiger partial charge in [-0.2, -0.15) is 4.98 Å². The minimum Gasteiger partial charge on any atom is -0.366 e. The number of aryl methyl sites for hydroxylation is 1. The molecule has 0 aliphatic carbocycles. The molecule has 4 rings (SSSR count). The molecule has 3 N–H and O–H groups in total. The highest BCUT2D eigenvalue weighted by atomic mass is 32.2. The van der Waals surface area contributed by atoms with Crippen molar-refractivity contribution in [1.82, 2.24) is 14.8 Å². The molecule has 142 valence electrons. The van der Waals surface area contributed by atoms with Crippen LogP contribution < -0.4 is 11.1 Å². The van der Waals surface area contributed by atoms with Gasteiger partial charge in [-0.05, 0) is 25.0 Å². The zero-order valence-electron chi connectivity index (χ0n) is 15.7. The molecule has 0 fully saturated rings. The number of thioether (sulfide) groups is 1. The van der Waals surface area contributed by atoms with Gasteiger partial charge in [-0.3, -0.25) is 4.79 Å². The van der Waals surface area contributed by atoms with Crippen LogP contribution in [0.15, 0.2) is 71.0 Å². The first kappa shape index (κ1) is 18.3. The second kappa shape index (κ2) is 7.52. The molecule has 2 aromatic carbocycles. The van der Waals surface area contributed by atoms with E-state index in [-0.39, 0.29) is 0 Å². The zero-order chi connectivity index (χ0) is 19.7. The van der Waals surface area contributed by atoms with E-state index in [1.165, 1.54) is 5.56 Å². The Labute approximate surface area is 167 Å². The van der Waals surface area contributed by atoms with E-state index < -0.39 is 11.9 Å². The lowest BCUT2D eigenvalue weighted by Crippen LogP contribution is -2.31. The molecule has 7 heteroatoms. The first-order valence-electron chi connectivity index (χ1n) is 9.00. The second-order valence-electron chi connectivity index (χ2n) is 6.78. The molecule has 0 saturated carbocycles. The lowest BCUT2D eigenvalue weighted by molar-refractivity contribution is -0.115. The number of hydrogen-bond donors (Lipinski definition) is 2. The van der Waals surface area contributed by atoms with Crippen molar-refractivity contribution in [2.75, 3.05) is 5.32 Å². The van der Waals surface area contributed by atoms with Crippen molar-refractivity contribution in [3.05, 3.63) is 82.6 Å². The van der Waals surface area contributed by atoms with E-state index >= 15 is 0 Å². The number of nitrogens with zero attached hydrogens (tertiary/aromatic N) is 3. The maximum Gasteiger partial charge on any atom is 0.248 e. The predicted molar refractivity (Wildman–Crippen MR) is 111 cm³/mol. The number of carbonyl (C=O) groups excluding carboxylic acids is 1. The molecule has 2 heterocycles. The van der Waals surface area contributed by atoms with Gasteiger partial charge in [0.2, 0.25) is 17.0 Å². The Hall–Kier alpha value is -3.06. The fourth-order valence-electron chi connectivity index (χ4n) is 3.29. The van der Waals surface area contributed by atoms with Crippen LogP contribution in [-0.2, 0) is 10.5 Å². The standard InChI is InChI=1S/C21H21N5OS/c1-13-8-10-16(11-9-13)18-17(19(22)27)14(2)23-20-24-21(25-26(18)20)28-12-15-6-4-3-5-7-15/h3-11,18H,12H2,1-2H3,(H2,22,27)(H,23,24,25)/t18-/m0/s1. The number of allylic oxidation sites excluding steroid dienone is 1. The number of nitrogens with one attached hydrogen (secondary N) is 1. The van der Waals surface area contributed by atoms with E-state index in [4.69, 9.17) is 5.73 Å². The van der Waals surface area contributed by atoms with Crippen LogP contribution in [0.1, 0.15) is 29.7 Å². The molecule has 0 unspecified atom stereocenters. The van der Waals surface area contributed by atoms with Crippen LogP contribution in [0.5, 0.6) is 0 Å². The smallest absolute Gasteiger partial charge is 0.248 e. The Morgan fingerprint density at radius 2 is 1.86 bits per heavy atom. The molecule has 3 aromatic rings. The summed E-state index contributed by atoms with van der Waals surface area (Å²) in [7, 11) is 0. The van der Waals surface area contributed by atoms with Crippen molar-refractivity contribution < 1.29 is 4.79 Å². The van der Waals surface area contributed by atoms with E-state index in [1.54, 1.807) is 16.4 Å². The normalized spacial score (nSPS) is 15.9. The van der Waals surface area contributed by atoms with Crippen LogP contribution in [-0.4, -0.2) is 20.7 Å². The van der Waals surface area contributed by atoms with Crippen LogP contribution in [0.2, 0.25) is 0 Å². The van der Waals surface area contributed by atoms with E-state index in [1.807, 2.05) is 56.3 Å². The third kappa shape index (κ3) is 3.53. The van der Waals surface area contributed by atoms with Crippen molar-refractivity contribution in [3.8, 4) is 0 Å². The molecule has 0 spiro atoms. The quantitative estimate of drug-likeness (QED) is 0.649. The minimum absolute atomic E-state index is 0.395. The monoisotopic (exact) mass is 391 g/mol. The number of hydrogen-bond acceptors (Lipinski definition) is 5. The van der Waals surface area contributed by atoms with Gasteiger partial charge in [0.1, 0.15) is 6.04 Å². The molecule has 1 aliphatic rings. The van der Waals surface area contributed by atoms with E-state index in [2.05, 4.69) is 27.5 Å². The fourth-order valence-corrected chi connectivity index (χ4v) is 4.08. The van der Waals surface area contributed by atoms with E-state index in [0.717, 1.165) is 16.9 Å². The van der Waals surface area contributed by atoms with Crippen LogP contribution in [0.25, 0.3) is 0 Å². The molecule has 1 aliphatic heterocycles. The number of aromatic nitrogens is 3. The Morgan fingerprint density at radius 1 is 1.14 bits per heavy atom. The summed E-state index contributed by atoms with van der Waals surface area (Å²) in [5.74, 6) is 0.924. The summed E-state index contributed by atoms with van der Waals surface area (Å²) in [6.07, 6.45) is 0. The van der Waals surface area contributed by atoms with Gasteiger partial charge in [-0.1, -0.05) is 71.9 Å². The average molecular weight is 392 g/mol. The van der Waals surface area contributed by atoms with Gasteiger partial charge in [0, 0.05) is 11.4 Å². The molecule has 1 atom stereocenters. The highest BCUT2D eigenvalue weighted by Crippen LogP contribution is 2.36. The minimum atomic E-state index is -0.463. The van der Waals surface area contributed by atoms with Crippen molar-refractivity contribution in [2.45, 2.75) is 30.8 Å². The number of carbonyl (C=O) groups is 1. The van der Waals surface area contributed by atoms with Gasteiger partial charge in [0.05, 0.1) is 5.57 Å². The summed E-state index contributed by atoms with van der Waals surface area (Å²) >= 11 is 1.56. The lowest BCUT2D eigenvalue weighted by Gasteiger charge is -2.27. The molecule has 1 amide bonds. The maximum atomic E-state index is 12.2. The second-order valence-corrected chi connectivity index (χ2v) is 7.72. The average Bonchev–Trinajstić information content (AvgIpc) is 3.09. The molecular weight excluding hydrogens is 370 g/mol. The number of primary amides is 1. The number of benzene rings is 2. The van der Waals surface area contributed by atoms with Crippen LogP contribution in [0.3, 0.4) is 0 Å². The van der Waals surface area contributed by atoms with Crippen molar-refractivity contribution in [3.63, 3.8) is 0 Å².